The molecule has 2 aromatic carbocycles. The first-order valence-electron chi connectivity index (χ1n) is 9.65. The number of fused-ring (bicyclic) bond motifs is 1. The number of ether oxygens (including phenoxy) is 1. The van der Waals surface area contributed by atoms with Crippen LogP contribution >= 0.6 is 11.3 Å². The van der Waals surface area contributed by atoms with Crippen molar-refractivity contribution in [1.82, 2.24) is 4.90 Å². The van der Waals surface area contributed by atoms with Gasteiger partial charge in [0.15, 0.2) is 4.21 Å². The van der Waals surface area contributed by atoms with Crippen LogP contribution in [0.2, 0.25) is 0 Å². The number of sulfonamides is 1. The van der Waals surface area contributed by atoms with Crippen LogP contribution in [-0.2, 0) is 34.3 Å². The number of anilines is 1. The van der Waals surface area contributed by atoms with E-state index in [9.17, 15) is 17.6 Å². The van der Waals surface area contributed by atoms with Crippen molar-refractivity contribution in [2.75, 3.05) is 18.4 Å². The average molecular weight is 461 g/mol. The van der Waals surface area contributed by atoms with E-state index in [1.165, 1.54) is 36.9 Å². The summed E-state index contributed by atoms with van der Waals surface area (Å²) >= 11 is 1.08. The van der Waals surface area contributed by atoms with E-state index in [1.807, 2.05) is 30.3 Å². The fraction of sp³-hybridized carbons (Fsp3) is 0.227. The lowest BCUT2D eigenvalue weighted by Gasteiger charge is -2.27. The highest BCUT2D eigenvalue weighted by Gasteiger charge is 2.34. The van der Waals surface area contributed by atoms with Gasteiger partial charge in [-0.15, -0.1) is 11.3 Å². The van der Waals surface area contributed by atoms with Gasteiger partial charge in [0.1, 0.15) is 5.82 Å². The third-order valence-electron chi connectivity index (χ3n) is 5.08. The molecule has 0 saturated heterocycles. The van der Waals surface area contributed by atoms with Gasteiger partial charge in [-0.2, -0.15) is 0 Å². The van der Waals surface area contributed by atoms with Gasteiger partial charge >= 0.3 is 5.97 Å². The van der Waals surface area contributed by atoms with Crippen LogP contribution in [-0.4, -0.2) is 32.9 Å². The molecule has 0 fully saturated rings. The van der Waals surface area contributed by atoms with Crippen molar-refractivity contribution < 1.29 is 22.3 Å². The summed E-state index contributed by atoms with van der Waals surface area (Å²) in [5, 5.41) is 0. The van der Waals surface area contributed by atoms with Gasteiger partial charge in [0, 0.05) is 30.2 Å². The zero-order valence-electron chi connectivity index (χ0n) is 16.8. The summed E-state index contributed by atoms with van der Waals surface area (Å²) in [5.41, 5.74) is 2.20. The maximum Gasteiger partial charge on any atom is 0.340 e. The van der Waals surface area contributed by atoms with Gasteiger partial charge in [-0.1, -0.05) is 30.3 Å². The molecule has 0 bridgehead atoms. The van der Waals surface area contributed by atoms with Crippen molar-refractivity contribution in [3.63, 3.8) is 0 Å². The molecule has 0 saturated carbocycles. The zero-order valence-corrected chi connectivity index (χ0v) is 18.4. The number of thiophene rings is 1. The van der Waals surface area contributed by atoms with E-state index in [2.05, 4.69) is 9.62 Å². The third kappa shape index (κ3) is 4.63. The Morgan fingerprint density at radius 3 is 2.55 bits per heavy atom. The topological polar surface area (TPSA) is 75.7 Å². The number of methoxy groups -OCH3 is 1. The van der Waals surface area contributed by atoms with Gasteiger partial charge in [0.25, 0.3) is 10.0 Å². The second-order valence-electron chi connectivity index (χ2n) is 7.22. The number of nitrogens with one attached hydrogen (secondary N) is 1. The zero-order chi connectivity index (χ0) is 22.0. The molecule has 9 heteroatoms. The van der Waals surface area contributed by atoms with Crippen molar-refractivity contribution >= 4 is 33.0 Å². The molecule has 1 aliphatic heterocycles. The number of rotatable bonds is 6. The van der Waals surface area contributed by atoms with E-state index in [1.54, 1.807) is 0 Å². The number of halogens is 1. The highest BCUT2D eigenvalue weighted by atomic mass is 32.2. The Labute approximate surface area is 184 Å². The van der Waals surface area contributed by atoms with Crippen molar-refractivity contribution in [3.8, 4) is 0 Å². The molecule has 0 atom stereocenters. The molecular weight excluding hydrogens is 439 g/mol. The minimum absolute atomic E-state index is 0.0739. The Bertz CT molecular complexity index is 1190. The van der Waals surface area contributed by atoms with Crippen molar-refractivity contribution in [2.45, 2.75) is 23.7 Å². The first-order valence-corrected chi connectivity index (χ1v) is 11.9. The van der Waals surface area contributed by atoms with E-state index in [0.717, 1.165) is 28.3 Å². The Kier molecular flexibility index (Phi) is 6.08. The third-order valence-corrected chi connectivity index (χ3v) is 8.20. The Morgan fingerprint density at radius 1 is 1.16 bits per heavy atom. The van der Waals surface area contributed by atoms with E-state index < -0.39 is 21.8 Å². The summed E-state index contributed by atoms with van der Waals surface area (Å²) in [6.45, 7) is 1.99. The molecule has 0 spiro atoms. The highest BCUT2D eigenvalue weighted by Crippen LogP contribution is 2.37. The van der Waals surface area contributed by atoms with Gasteiger partial charge in [0.2, 0.25) is 0 Å². The predicted octanol–water partition coefficient (Wildman–Crippen LogP) is 4.03. The van der Waals surface area contributed by atoms with E-state index in [-0.39, 0.29) is 15.5 Å². The minimum Gasteiger partial charge on any atom is -0.465 e. The van der Waals surface area contributed by atoms with E-state index in [4.69, 9.17) is 4.74 Å². The first kappa shape index (κ1) is 21.5. The number of nitrogens with zero attached hydrogens (tertiary/aromatic N) is 1. The summed E-state index contributed by atoms with van der Waals surface area (Å²) in [6, 6.07) is 15.0. The van der Waals surface area contributed by atoms with Gasteiger partial charge in [-0.05, 0) is 41.8 Å². The van der Waals surface area contributed by atoms with Crippen molar-refractivity contribution in [2.24, 2.45) is 0 Å². The molecule has 1 N–H and O–H groups in total. The highest BCUT2D eigenvalue weighted by molar-refractivity contribution is 7.94. The molecule has 1 aromatic heterocycles. The summed E-state index contributed by atoms with van der Waals surface area (Å²) in [5.74, 6) is -1.14. The van der Waals surface area contributed by atoms with Gasteiger partial charge < -0.3 is 4.74 Å². The van der Waals surface area contributed by atoms with Crippen LogP contribution in [0.25, 0.3) is 0 Å². The van der Waals surface area contributed by atoms with Crippen molar-refractivity contribution in [3.05, 3.63) is 82.0 Å². The largest absolute Gasteiger partial charge is 0.465 e. The van der Waals surface area contributed by atoms with Crippen LogP contribution in [0.5, 0.6) is 0 Å². The predicted molar refractivity (Wildman–Crippen MR) is 117 cm³/mol. The number of hydrogen-bond acceptors (Lipinski definition) is 6. The number of carbonyl (C=O) groups excluding carboxylic acids is 1. The summed E-state index contributed by atoms with van der Waals surface area (Å²) in [7, 11) is -2.82. The van der Waals surface area contributed by atoms with Crippen LogP contribution in [0.15, 0.2) is 58.8 Å². The molecule has 0 radical (unpaired) electrons. The van der Waals surface area contributed by atoms with Crippen LogP contribution < -0.4 is 4.72 Å². The summed E-state index contributed by atoms with van der Waals surface area (Å²) < 4.78 is 46.6. The molecule has 31 heavy (non-hydrogen) atoms. The van der Waals surface area contributed by atoms with E-state index >= 15 is 0 Å². The van der Waals surface area contributed by atoms with Crippen LogP contribution in [0, 0.1) is 5.82 Å². The SMILES string of the molecule is COC(=O)c1c(S(=O)(=O)Nc2ccc(F)cc2)sc2c1CCN(Cc1ccccc1)C2. The van der Waals surface area contributed by atoms with Crippen LogP contribution in [0.1, 0.15) is 26.4 Å². The number of hydrogen-bond donors (Lipinski definition) is 1. The maximum atomic E-state index is 13.2. The quantitative estimate of drug-likeness (QED) is 0.562. The first-order chi connectivity index (χ1) is 14.9. The summed E-state index contributed by atoms with van der Waals surface area (Å²) in [6.07, 6.45) is 0.551. The second kappa shape index (κ2) is 8.78. The van der Waals surface area contributed by atoms with E-state index in [0.29, 0.717) is 19.5 Å². The number of carbonyl (C=O) groups is 1. The Morgan fingerprint density at radius 2 is 1.87 bits per heavy atom. The molecule has 2 heterocycles. The lowest BCUT2D eigenvalue weighted by Crippen LogP contribution is -2.29. The fourth-order valence-electron chi connectivity index (χ4n) is 3.63. The van der Waals surface area contributed by atoms with Gasteiger partial charge in [-0.25, -0.2) is 17.6 Å². The molecule has 0 aliphatic carbocycles. The molecule has 6 nitrogen and oxygen atoms in total. The van der Waals surface area contributed by atoms with Crippen LogP contribution in [0.3, 0.4) is 0 Å². The number of esters is 1. The molecule has 1 aliphatic rings. The lowest BCUT2D eigenvalue weighted by molar-refractivity contribution is 0.0595. The molecular formula is C22H21FN2O4S2. The van der Waals surface area contributed by atoms with Crippen LogP contribution in [0.4, 0.5) is 10.1 Å². The fourth-order valence-corrected chi connectivity index (χ4v) is 6.61. The van der Waals surface area contributed by atoms with Gasteiger partial charge in [-0.3, -0.25) is 9.62 Å². The molecule has 162 valence electrons. The minimum atomic E-state index is -4.06. The monoisotopic (exact) mass is 460 g/mol. The molecule has 0 amide bonds. The number of benzene rings is 2. The Balaban J connectivity index is 1.66. The lowest BCUT2D eigenvalue weighted by atomic mass is 10.0. The maximum absolute atomic E-state index is 13.2. The smallest absolute Gasteiger partial charge is 0.340 e. The van der Waals surface area contributed by atoms with Gasteiger partial charge in [0.05, 0.1) is 12.7 Å². The second-order valence-corrected chi connectivity index (χ2v) is 10.2. The van der Waals surface area contributed by atoms with Crippen molar-refractivity contribution in [1.29, 1.82) is 0 Å². The standard InChI is InChI=1S/C22H21FN2O4S2/c1-29-21(26)20-18-11-12-25(13-15-5-3-2-4-6-15)14-19(18)30-22(20)31(27,28)24-17-9-7-16(23)8-10-17/h2-10,24H,11-14H2,1H3. The normalized spacial score (nSPS) is 14.1. The summed E-state index contributed by atoms with van der Waals surface area (Å²) in [4.78, 5) is 15.6. The Hall–Kier alpha value is -2.75. The molecule has 4 rings (SSSR count). The molecule has 0 unspecified atom stereocenters. The molecule has 3 aromatic rings. The average Bonchev–Trinajstić information content (AvgIpc) is 3.15.